The van der Waals surface area contributed by atoms with E-state index in [1.165, 1.54) is 29.9 Å². The van der Waals surface area contributed by atoms with Gasteiger partial charge in [-0.3, -0.25) is 0 Å². The minimum atomic E-state index is -3.85. The number of esters is 1. The second-order valence-corrected chi connectivity index (χ2v) is 8.56. The van der Waals surface area contributed by atoms with Gasteiger partial charge in [0, 0.05) is 32.7 Å². The van der Waals surface area contributed by atoms with Crippen LogP contribution in [0.15, 0.2) is 35.5 Å². The lowest BCUT2D eigenvalue weighted by Gasteiger charge is -2.34. The van der Waals surface area contributed by atoms with Crippen molar-refractivity contribution in [2.75, 3.05) is 38.2 Å². The second kappa shape index (κ2) is 7.95. The van der Waals surface area contributed by atoms with E-state index in [1.807, 2.05) is 11.8 Å². The summed E-state index contributed by atoms with van der Waals surface area (Å²) in [5, 5.41) is 8.27. The molecule has 0 radical (unpaired) electrons. The Morgan fingerprint density at radius 2 is 1.87 bits per heavy atom. The van der Waals surface area contributed by atoms with Gasteiger partial charge in [-0.15, -0.1) is 5.10 Å². The van der Waals surface area contributed by atoms with Crippen molar-refractivity contribution in [2.24, 2.45) is 0 Å². The van der Waals surface area contributed by atoms with Crippen LogP contribution in [0.2, 0.25) is 0 Å². The standard InChI is InChI=1S/C18H21N7O4S/c1-3-25-17-15(21-22-25)16(19-12-20-17)23-8-10-24(11-9-23)30(27,28)14-7-5-4-6-13(14)18(26)29-2/h4-7,12H,3,8-11H2,1-2H3. The SMILES string of the molecule is CCn1nnc2c(N3CCN(S(=O)(=O)c4ccccc4C(=O)OC)CC3)ncnc21. The molecule has 12 heteroatoms. The zero-order valence-corrected chi connectivity index (χ0v) is 17.4. The topological polar surface area (TPSA) is 123 Å². The van der Waals surface area contributed by atoms with Gasteiger partial charge in [-0.1, -0.05) is 17.3 Å². The van der Waals surface area contributed by atoms with Gasteiger partial charge in [0.25, 0.3) is 0 Å². The number of fused-ring (bicyclic) bond motifs is 1. The minimum Gasteiger partial charge on any atom is -0.465 e. The number of nitrogens with zero attached hydrogens (tertiary/aromatic N) is 7. The molecule has 0 N–H and O–H groups in total. The fraction of sp³-hybridized carbons (Fsp3) is 0.389. The van der Waals surface area contributed by atoms with E-state index >= 15 is 0 Å². The van der Waals surface area contributed by atoms with E-state index in [-0.39, 0.29) is 23.5 Å². The maximum atomic E-state index is 13.2. The Morgan fingerprint density at radius 3 is 2.57 bits per heavy atom. The van der Waals surface area contributed by atoms with E-state index in [9.17, 15) is 13.2 Å². The molecule has 1 aromatic carbocycles. The van der Waals surface area contributed by atoms with E-state index < -0.39 is 16.0 Å². The number of aromatic nitrogens is 5. The molecule has 2 aromatic heterocycles. The van der Waals surface area contributed by atoms with Crippen LogP contribution in [-0.4, -0.2) is 76.9 Å². The normalized spacial score (nSPS) is 15.5. The Kier molecular flexibility index (Phi) is 5.35. The zero-order valence-electron chi connectivity index (χ0n) is 16.6. The van der Waals surface area contributed by atoms with Gasteiger partial charge >= 0.3 is 5.97 Å². The zero-order chi connectivity index (χ0) is 21.3. The number of aryl methyl sites for hydroxylation is 1. The van der Waals surface area contributed by atoms with Crippen LogP contribution in [0, 0.1) is 0 Å². The van der Waals surface area contributed by atoms with E-state index in [2.05, 4.69) is 20.3 Å². The molecule has 3 heterocycles. The summed E-state index contributed by atoms with van der Waals surface area (Å²) in [4.78, 5) is 22.5. The van der Waals surface area contributed by atoms with Crippen molar-refractivity contribution in [3.63, 3.8) is 0 Å². The van der Waals surface area contributed by atoms with Crippen molar-refractivity contribution in [3.05, 3.63) is 36.2 Å². The quantitative estimate of drug-likeness (QED) is 0.532. The number of rotatable bonds is 5. The molecule has 0 saturated carbocycles. The molecule has 158 valence electrons. The molecule has 1 fully saturated rings. The monoisotopic (exact) mass is 431 g/mol. The number of carbonyl (C=O) groups excluding carboxylic acids is 1. The van der Waals surface area contributed by atoms with Crippen molar-refractivity contribution >= 4 is 33.0 Å². The van der Waals surface area contributed by atoms with Crippen LogP contribution in [0.25, 0.3) is 11.2 Å². The summed E-state index contributed by atoms with van der Waals surface area (Å²) in [6.07, 6.45) is 1.46. The fourth-order valence-electron chi connectivity index (χ4n) is 3.47. The molecule has 0 atom stereocenters. The van der Waals surface area contributed by atoms with E-state index in [1.54, 1.807) is 16.8 Å². The highest BCUT2D eigenvalue weighted by Gasteiger charge is 2.32. The highest BCUT2D eigenvalue weighted by molar-refractivity contribution is 7.89. The van der Waals surface area contributed by atoms with Crippen molar-refractivity contribution in [2.45, 2.75) is 18.4 Å². The molecular formula is C18H21N7O4S. The molecular weight excluding hydrogens is 410 g/mol. The van der Waals surface area contributed by atoms with Gasteiger partial charge in [0.1, 0.15) is 6.33 Å². The van der Waals surface area contributed by atoms with Crippen molar-refractivity contribution in [3.8, 4) is 0 Å². The van der Waals surface area contributed by atoms with Gasteiger partial charge in [-0.25, -0.2) is 27.9 Å². The average molecular weight is 431 g/mol. The highest BCUT2D eigenvalue weighted by atomic mass is 32.2. The van der Waals surface area contributed by atoms with Gasteiger partial charge < -0.3 is 9.64 Å². The number of sulfonamides is 1. The van der Waals surface area contributed by atoms with Gasteiger partial charge in [0.05, 0.1) is 17.6 Å². The molecule has 4 rings (SSSR count). The third-order valence-electron chi connectivity index (χ3n) is 5.03. The Labute approximate surface area is 173 Å². The van der Waals surface area contributed by atoms with Crippen LogP contribution in [0.5, 0.6) is 0 Å². The first-order valence-electron chi connectivity index (χ1n) is 9.44. The minimum absolute atomic E-state index is 0.0242. The van der Waals surface area contributed by atoms with E-state index in [0.717, 1.165) is 0 Å². The molecule has 0 bridgehead atoms. The highest BCUT2D eigenvalue weighted by Crippen LogP contribution is 2.25. The molecule has 1 aliphatic rings. The molecule has 11 nitrogen and oxygen atoms in total. The first-order valence-corrected chi connectivity index (χ1v) is 10.9. The van der Waals surface area contributed by atoms with Crippen LogP contribution >= 0.6 is 0 Å². The van der Waals surface area contributed by atoms with Crippen molar-refractivity contribution < 1.29 is 17.9 Å². The second-order valence-electron chi connectivity index (χ2n) is 6.65. The number of benzene rings is 1. The number of hydrogen-bond donors (Lipinski definition) is 0. The van der Waals surface area contributed by atoms with Gasteiger partial charge in [0.2, 0.25) is 10.0 Å². The van der Waals surface area contributed by atoms with Gasteiger partial charge in [0.15, 0.2) is 17.0 Å². The molecule has 0 spiro atoms. The predicted molar refractivity (Wildman–Crippen MR) is 108 cm³/mol. The first kappa shape index (κ1) is 20.2. The lowest BCUT2D eigenvalue weighted by atomic mass is 10.2. The lowest BCUT2D eigenvalue weighted by molar-refractivity contribution is 0.0596. The maximum Gasteiger partial charge on any atom is 0.339 e. The predicted octanol–water partition coefficient (Wildman–Crippen LogP) is 0.539. The van der Waals surface area contributed by atoms with Crippen LogP contribution in [0.4, 0.5) is 5.82 Å². The third kappa shape index (κ3) is 3.37. The molecule has 30 heavy (non-hydrogen) atoms. The summed E-state index contributed by atoms with van der Waals surface area (Å²) in [7, 11) is -2.63. The summed E-state index contributed by atoms with van der Waals surface area (Å²) in [6, 6.07) is 6.06. The Bertz CT molecular complexity index is 1190. The average Bonchev–Trinajstić information content (AvgIpc) is 3.22. The summed E-state index contributed by atoms with van der Waals surface area (Å²) in [5.41, 5.74) is 1.26. The number of anilines is 1. The largest absolute Gasteiger partial charge is 0.465 e. The maximum absolute atomic E-state index is 13.2. The summed E-state index contributed by atoms with van der Waals surface area (Å²) >= 11 is 0. The molecule has 0 amide bonds. The number of carbonyl (C=O) groups is 1. The molecule has 0 aliphatic carbocycles. The number of methoxy groups -OCH3 is 1. The van der Waals surface area contributed by atoms with Crippen LogP contribution < -0.4 is 4.90 Å². The first-order chi connectivity index (χ1) is 14.5. The van der Waals surface area contributed by atoms with Crippen LogP contribution in [0.1, 0.15) is 17.3 Å². The number of ether oxygens (including phenoxy) is 1. The van der Waals surface area contributed by atoms with Crippen molar-refractivity contribution in [1.82, 2.24) is 29.3 Å². The summed E-state index contributed by atoms with van der Waals surface area (Å²) in [5.74, 6) is -0.0538. The van der Waals surface area contributed by atoms with Crippen molar-refractivity contribution in [1.29, 1.82) is 0 Å². The van der Waals surface area contributed by atoms with Gasteiger partial charge in [-0.2, -0.15) is 4.31 Å². The number of piperazine rings is 1. The Hall–Kier alpha value is -3.12. The Balaban J connectivity index is 1.57. The van der Waals surface area contributed by atoms with Crippen LogP contribution in [0.3, 0.4) is 0 Å². The Morgan fingerprint density at radius 1 is 1.13 bits per heavy atom. The van der Waals surface area contributed by atoms with E-state index in [0.29, 0.717) is 36.6 Å². The smallest absolute Gasteiger partial charge is 0.339 e. The molecule has 1 aliphatic heterocycles. The number of hydrogen-bond acceptors (Lipinski definition) is 9. The van der Waals surface area contributed by atoms with Gasteiger partial charge in [-0.05, 0) is 19.1 Å². The fourth-order valence-corrected chi connectivity index (χ4v) is 5.08. The van der Waals surface area contributed by atoms with Crippen LogP contribution in [-0.2, 0) is 21.3 Å². The molecule has 3 aromatic rings. The lowest BCUT2D eigenvalue weighted by Crippen LogP contribution is -2.49. The summed E-state index contributed by atoms with van der Waals surface area (Å²) in [6.45, 7) is 3.91. The van der Waals surface area contributed by atoms with E-state index in [4.69, 9.17) is 4.74 Å². The molecule has 1 saturated heterocycles. The summed E-state index contributed by atoms with van der Waals surface area (Å²) < 4.78 is 34.1. The molecule has 0 unspecified atom stereocenters. The third-order valence-corrected chi connectivity index (χ3v) is 6.99.